The van der Waals surface area contributed by atoms with Crippen LogP contribution < -0.4 is 4.90 Å². The zero-order valence-electron chi connectivity index (χ0n) is 8.62. The first-order valence-electron chi connectivity index (χ1n) is 4.36. The summed E-state index contributed by atoms with van der Waals surface area (Å²) in [5.41, 5.74) is -2.15. The highest BCUT2D eigenvalue weighted by Gasteiger charge is 2.36. The molecule has 1 aromatic carbocycles. The molecule has 1 amide bonds. The van der Waals surface area contributed by atoms with E-state index in [1.54, 1.807) is 0 Å². The smallest absolute Gasteiger partial charge is 0.418 e. The number of nitriles is 1. The topological polar surface area (TPSA) is 64.3 Å². The van der Waals surface area contributed by atoms with E-state index in [1.807, 2.05) is 0 Å². The van der Waals surface area contributed by atoms with Crippen LogP contribution in [-0.2, 0) is 6.18 Å². The van der Waals surface area contributed by atoms with Gasteiger partial charge in [-0.3, -0.25) is 4.90 Å². The predicted molar refractivity (Wildman–Crippen MR) is 52.6 cm³/mol. The Labute approximate surface area is 94.5 Å². The summed E-state index contributed by atoms with van der Waals surface area (Å²) in [6.07, 6.45) is -6.29. The first kappa shape index (κ1) is 12.8. The Bertz CT molecular complexity index is 491. The van der Waals surface area contributed by atoms with Gasteiger partial charge in [-0.1, -0.05) is 6.07 Å². The number of alkyl halides is 3. The Morgan fingerprint density at radius 1 is 1.47 bits per heavy atom. The molecule has 1 N–H and O–H groups in total. The van der Waals surface area contributed by atoms with Crippen molar-refractivity contribution in [1.82, 2.24) is 0 Å². The van der Waals surface area contributed by atoms with E-state index in [-0.39, 0.29) is 5.56 Å². The van der Waals surface area contributed by atoms with Crippen LogP contribution in [0, 0.1) is 11.3 Å². The molecule has 0 saturated heterocycles. The van der Waals surface area contributed by atoms with Crippen molar-refractivity contribution in [2.24, 2.45) is 0 Å². The molecule has 90 valence electrons. The van der Waals surface area contributed by atoms with Crippen molar-refractivity contribution >= 4 is 11.8 Å². The largest absolute Gasteiger partial charge is 0.465 e. The Hall–Kier alpha value is -2.23. The second kappa shape index (κ2) is 4.33. The van der Waals surface area contributed by atoms with Gasteiger partial charge in [-0.05, 0) is 12.1 Å². The lowest BCUT2D eigenvalue weighted by Crippen LogP contribution is -2.27. The fourth-order valence-electron chi connectivity index (χ4n) is 1.32. The maximum Gasteiger partial charge on any atom is 0.418 e. The SMILES string of the molecule is CN(C(=O)O)c1c(C#N)cccc1C(F)(F)F. The number of hydrogen-bond donors (Lipinski definition) is 1. The van der Waals surface area contributed by atoms with Gasteiger partial charge in [0.1, 0.15) is 6.07 Å². The molecule has 0 fully saturated rings. The van der Waals surface area contributed by atoms with Gasteiger partial charge < -0.3 is 5.11 Å². The van der Waals surface area contributed by atoms with E-state index in [0.717, 1.165) is 25.2 Å². The molecule has 0 heterocycles. The molecule has 1 aromatic rings. The molecule has 0 aliphatic rings. The van der Waals surface area contributed by atoms with E-state index in [1.165, 1.54) is 6.07 Å². The number of carboxylic acid groups (broad SMARTS) is 1. The summed E-state index contributed by atoms with van der Waals surface area (Å²) in [5.74, 6) is 0. The van der Waals surface area contributed by atoms with Crippen LogP contribution in [0.5, 0.6) is 0 Å². The van der Waals surface area contributed by atoms with Gasteiger partial charge in [-0.2, -0.15) is 18.4 Å². The van der Waals surface area contributed by atoms with Gasteiger partial charge in [0.25, 0.3) is 0 Å². The minimum Gasteiger partial charge on any atom is -0.465 e. The minimum absolute atomic E-state index is 0.343. The fraction of sp³-hybridized carbons (Fsp3) is 0.200. The molecule has 0 spiro atoms. The third-order valence-corrected chi connectivity index (χ3v) is 2.08. The van der Waals surface area contributed by atoms with Crippen molar-refractivity contribution in [3.8, 4) is 6.07 Å². The van der Waals surface area contributed by atoms with Gasteiger partial charge in [-0.25, -0.2) is 4.79 Å². The Morgan fingerprint density at radius 3 is 2.47 bits per heavy atom. The summed E-state index contributed by atoms with van der Waals surface area (Å²) in [6, 6.07) is 4.46. The highest BCUT2D eigenvalue weighted by molar-refractivity contribution is 5.88. The predicted octanol–water partition coefficient (Wildman–Crippen LogP) is 2.69. The van der Waals surface area contributed by atoms with Crippen LogP contribution in [0.25, 0.3) is 0 Å². The summed E-state index contributed by atoms with van der Waals surface area (Å²) in [6.45, 7) is 0. The summed E-state index contributed by atoms with van der Waals surface area (Å²) in [4.78, 5) is 11.1. The molecule has 0 atom stereocenters. The van der Waals surface area contributed by atoms with Crippen molar-refractivity contribution in [2.75, 3.05) is 11.9 Å². The lowest BCUT2D eigenvalue weighted by molar-refractivity contribution is -0.137. The van der Waals surface area contributed by atoms with Crippen LogP contribution in [0.2, 0.25) is 0 Å². The highest BCUT2D eigenvalue weighted by atomic mass is 19.4. The molecule has 0 unspecified atom stereocenters. The highest BCUT2D eigenvalue weighted by Crippen LogP contribution is 2.38. The van der Waals surface area contributed by atoms with Gasteiger partial charge in [0, 0.05) is 7.05 Å². The normalized spacial score (nSPS) is 10.8. The van der Waals surface area contributed by atoms with Gasteiger partial charge >= 0.3 is 12.3 Å². The Kier molecular flexibility index (Phi) is 3.27. The van der Waals surface area contributed by atoms with Crippen molar-refractivity contribution in [1.29, 1.82) is 5.26 Å². The summed E-state index contributed by atoms with van der Waals surface area (Å²) in [5, 5.41) is 17.4. The number of carbonyl (C=O) groups is 1. The van der Waals surface area contributed by atoms with Crippen molar-refractivity contribution in [3.63, 3.8) is 0 Å². The molecule has 0 radical (unpaired) electrons. The minimum atomic E-state index is -4.72. The van der Waals surface area contributed by atoms with E-state index in [9.17, 15) is 18.0 Å². The maximum atomic E-state index is 12.7. The van der Waals surface area contributed by atoms with Crippen LogP contribution in [0.1, 0.15) is 11.1 Å². The number of benzene rings is 1. The summed E-state index contributed by atoms with van der Waals surface area (Å²) in [7, 11) is 0.952. The van der Waals surface area contributed by atoms with E-state index in [0.29, 0.717) is 4.90 Å². The number of hydrogen-bond acceptors (Lipinski definition) is 2. The molecule has 17 heavy (non-hydrogen) atoms. The molecule has 0 aliphatic carbocycles. The number of para-hydroxylation sites is 1. The third kappa shape index (κ3) is 2.47. The Balaban J connectivity index is 3.53. The lowest BCUT2D eigenvalue weighted by atomic mass is 10.1. The molecule has 4 nitrogen and oxygen atoms in total. The van der Waals surface area contributed by atoms with Crippen LogP contribution in [-0.4, -0.2) is 18.2 Å². The van der Waals surface area contributed by atoms with E-state index >= 15 is 0 Å². The zero-order valence-corrected chi connectivity index (χ0v) is 8.62. The van der Waals surface area contributed by atoms with E-state index in [2.05, 4.69) is 0 Å². The van der Waals surface area contributed by atoms with Crippen LogP contribution in [0.3, 0.4) is 0 Å². The lowest BCUT2D eigenvalue weighted by Gasteiger charge is -2.20. The number of nitrogens with zero attached hydrogens (tertiary/aromatic N) is 2. The standard InChI is InChI=1S/C10H7F3N2O2/c1-15(9(16)17)8-6(5-14)3-2-4-7(8)10(11,12)13/h2-4H,1H3,(H,16,17). The second-order valence-electron chi connectivity index (χ2n) is 3.15. The quantitative estimate of drug-likeness (QED) is 0.825. The van der Waals surface area contributed by atoms with Gasteiger partial charge in [-0.15, -0.1) is 0 Å². The summed E-state index contributed by atoms with van der Waals surface area (Å²) >= 11 is 0. The number of anilines is 1. The third-order valence-electron chi connectivity index (χ3n) is 2.08. The van der Waals surface area contributed by atoms with Gasteiger partial charge in [0.15, 0.2) is 0 Å². The van der Waals surface area contributed by atoms with Crippen molar-refractivity contribution < 1.29 is 23.1 Å². The van der Waals surface area contributed by atoms with Gasteiger partial charge in [0.05, 0.1) is 16.8 Å². The van der Waals surface area contributed by atoms with Crippen LogP contribution in [0.15, 0.2) is 18.2 Å². The maximum absolute atomic E-state index is 12.7. The van der Waals surface area contributed by atoms with Crippen molar-refractivity contribution in [2.45, 2.75) is 6.18 Å². The average molecular weight is 244 g/mol. The molecule has 0 aromatic heterocycles. The number of rotatable bonds is 1. The molecule has 7 heteroatoms. The molecule has 1 rings (SSSR count). The van der Waals surface area contributed by atoms with Gasteiger partial charge in [0.2, 0.25) is 0 Å². The molecule has 0 aliphatic heterocycles. The first-order valence-corrected chi connectivity index (χ1v) is 4.36. The first-order chi connectivity index (χ1) is 7.79. The van der Waals surface area contributed by atoms with Crippen LogP contribution >= 0.6 is 0 Å². The monoisotopic (exact) mass is 244 g/mol. The Morgan fingerprint density at radius 2 is 2.06 bits per heavy atom. The average Bonchev–Trinajstić information content (AvgIpc) is 2.25. The molecule has 0 saturated carbocycles. The van der Waals surface area contributed by atoms with E-state index in [4.69, 9.17) is 10.4 Å². The zero-order chi connectivity index (χ0) is 13.2. The molecule has 0 bridgehead atoms. The van der Waals surface area contributed by atoms with Crippen molar-refractivity contribution in [3.05, 3.63) is 29.3 Å². The molecular formula is C10H7F3N2O2. The number of amides is 1. The summed E-state index contributed by atoms with van der Waals surface area (Å²) < 4.78 is 38.0. The van der Waals surface area contributed by atoms with Crippen LogP contribution in [0.4, 0.5) is 23.7 Å². The fourth-order valence-corrected chi connectivity index (χ4v) is 1.32. The van der Waals surface area contributed by atoms with E-state index < -0.39 is 23.5 Å². The second-order valence-corrected chi connectivity index (χ2v) is 3.15. The molecular weight excluding hydrogens is 237 g/mol. The number of halogens is 3.